The summed E-state index contributed by atoms with van der Waals surface area (Å²) in [5.41, 5.74) is 0. The molecule has 2 N–H and O–H groups in total. The molecule has 1 saturated heterocycles. The van der Waals surface area contributed by atoms with Gasteiger partial charge in [-0.15, -0.1) is 0 Å². The number of amides is 1. The van der Waals surface area contributed by atoms with Crippen LogP contribution in [0.15, 0.2) is 0 Å². The van der Waals surface area contributed by atoms with Gasteiger partial charge in [0.15, 0.2) is 0 Å². The molecule has 1 amide bonds. The van der Waals surface area contributed by atoms with Gasteiger partial charge in [0.05, 0.1) is 0 Å². The van der Waals surface area contributed by atoms with Gasteiger partial charge in [-0.1, -0.05) is 12.8 Å². The molecule has 2 atom stereocenters. The molecule has 1 aliphatic heterocycles. The van der Waals surface area contributed by atoms with Crippen molar-refractivity contribution >= 4 is 6.09 Å². The van der Waals surface area contributed by atoms with Gasteiger partial charge < -0.3 is 15.3 Å². The van der Waals surface area contributed by atoms with Crippen molar-refractivity contribution in [3.8, 4) is 0 Å². The Morgan fingerprint density at radius 2 is 1.88 bits per heavy atom. The highest BCUT2D eigenvalue weighted by Crippen LogP contribution is 2.27. The van der Waals surface area contributed by atoms with Crippen LogP contribution in [0, 0.1) is 0 Å². The van der Waals surface area contributed by atoms with Gasteiger partial charge in [-0.3, -0.25) is 0 Å². The van der Waals surface area contributed by atoms with Gasteiger partial charge in [0.1, 0.15) is 0 Å². The fraction of sp³-hybridized carbons (Fsp3) is 0.917. The van der Waals surface area contributed by atoms with Crippen LogP contribution in [0.2, 0.25) is 0 Å². The smallest absolute Gasteiger partial charge is 0.407 e. The fourth-order valence-electron chi connectivity index (χ4n) is 3.01. The quantitative estimate of drug-likeness (QED) is 0.757. The first-order valence-electron chi connectivity index (χ1n) is 6.43. The van der Waals surface area contributed by atoms with Gasteiger partial charge in [-0.05, 0) is 32.6 Å². The predicted molar refractivity (Wildman–Crippen MR) is 62.6 cm³/mol. The second-order valence-corrected chi connectivity index (χ2v) is 5.17. The van der Waals surface area contributed by atoms with Crippen LogP contribution in [0.5, 0.6) is 0 Å². The lowest BCUT2D eigenvalue weighted by molar-refractivity contribution is 0.0855. The Hall–Kier alpha value is -0.770. The molecule has 0 bridgehead atoms. The Labute approximate surface area is 97.0 Å². The van der Waals surface area contributed by atoms with Crippen molar-refractivity contribution in [2.45, 2.75) is 63.6 Å². The largest absolute Gasteiger partial charge is 0.465 e. The molecule has 92 valence electrons. The second kappa shape index (κ2) is 5.04. The average Bonchev–Trinajstić information content (AvgIpc) is 2.74. The number of carbonyl (C=O) groups is 1. The van der Waals surface area contributed by atoms with Crippen molar-refractivity contribution in [3.63, 3.8) is 0 Å². The van der Waals surface area contributed by atoms with E-state index in [-0.39, 0.29) is 12.1 Å². The van der Waals surface area contributed by atoms with Crippen LogP contribution in [-0.2, 0) is 0 Å². The van der Waals surface area contributed by atoms with Crippen LogP contribution in [0.3, 0.4) is 0 Å². The molecule has 2 fully saturated rings. The molecule has 0 spiro atoms. The Bertz CT molecular complexity index is 243. The zero-order chi connectivity index (χ0) is 11.5. The number of nitrogens with one attached hydrogen (secondary N) is 1. The van der Waals surface area contributed by atoms with E-state index in [1.807, 2.05) is 0 Å². The summed E-state index contributed by atoms with van der Waals surface area (Å²) in [5, 5.41) is 12.7. The van der Waals surface area contributed by atoms with E-state index in [0.717, 1.165) is 32.2 Å². The summed E-state index contributed by atoms with van der Waals surface area (Å²) < 4.78 is 0. The monoisotopic (exact) mass is 226 g/mol. The second-order valence-electron chi connectivity index (χ2n) is 5.17. The normalized spacial score (nSPS) is 31.6. The van der Waals surface area contributed by atoms with Gasteiger partial charge >= 0.3 is 6.09 Å². The van der Waals surface area contributed by atoms with E-state index in [1.54, 1.807) is 4.90 Å². The van der Waals surface area contributed by atoms with E-state index in [1.165, 1.54) is 12.8 Å². The van der Waals surface area contributed by atoms with Crippen LogP contribution in [0.25, 0.3) is 0 Å². The van der Waals surface area contributed by atoms with Crippen LogP contribution in [0.4, 0.5) is 4.79 Å². The lowest BCUT2D eigenvalue weighted by Gasteiger charge is -2.38. The van der Waals surface area contributed by atoms with Crippen molar-refractivity contribution in [1.29, 1.82) is 0 Å². The summed E-state index contributed by atoms with van der Waals surface area (Å²) in [6.07, 6.45) is 5.85. The van der Waals surface area contributed by atoms with Gasteiger partial charge in [0.2, 0.25) is 0 Å². The van der Waals surface area contributed by atoms with Crippen LogP contribution < -0.4 is 5.32 Å². The first kappa shape index (κ1) is 11.7. The minimum Gasteiger partial charge on any atom is -0.465 e. The molecule has 1 saturated carbocycles. The number of piperidine rings is 1. The third kappa shape index (κ3) is 2.48. The molecule has 1 aliphatic carbocycles. The SMILES string of the molecule is CC1CCC(N(C(=O)O)C2CCCC2)CN1. The molecular formula is C12H22N2O2. The molecule has 4 heteroatoms. The summed E-state index contributed by atoms with van der Waals surface area (Å²) in [5.74, 6) is 0. The summed E-state index contributed by atoms with van der Waals surface area (Å²) in [6.45, 7) is 2.99. The highest BCUT2D eigenvalue weighted by atomic mass is 16.4. The van der Waals surface area contributed by atoms with Crippen molar-refractivity contribution in [1.82, 2.24) is 10.2 Å². The predicted octanol–water partition coefficient (Wildman–Crippen LogP) is 2.05. The Kier molecular flexibility index (Phi) is 3.69. The summed E-state index contributed by atoms with van der Waals surface area (Å²) in [7, 11) is 0. The van der Waals surface area contributed by atoms with Gasteiger partial charge in [0, 0.05) is 24.7 Å². The number of rotatable bonds is 2. The molecular weight excluding hydrogens is 204 g/mol. The maximum Gasteiger partial charge on any atom is 0.407 e. The topological polar surface area (TPSA) is 52.6 Å². The molecule has 0 aromatic rings. The summed E-state index contributed by atoms with van der Waals surface area (Å²) in [4.78, 5) is 13.1. The third-order valence-electron chi connectivity index (χ3n) is 3.97. The standard InChI is InChI=1S/C12H22N2O2/c1-9-6-7-11(8-13-9)14(12(15)16)10-4-2-3-5-10/h9-11,13H,2-8H2,1H3,(H,15,16). The molecule has 0 aromatic heterocycles. The molecule has 2 unspecified atom stereocenters. The maximum atomic E-state index is 11.4. The minimum atomic E-state index is -0.728. The number of hydrogen-bond donors (Lipinski definition) is 2. The van der Waals surface area contributed by atoms with E-state index < -0.39 is 6.09 Å². The summed E-state index contributed by atoms with van der Waals surface area (Å²) in [6, 6.07) is 1.00. The fourth-order valence-corrected chi connectivity index (χ4v) is 3.01. The van der Waals surface area contributed by atoms with E-state index in [9.17, 15) is 9.90 Å². The van der Waals surface area contributed by atoms with Gasteiger partial charge in [-0.25, -0.2) is 4.79 Å². The minimum absolute atomic E-state index is 0.191. The van der Waals surface area contributed by atoms with Crippen LogP contribution in [-0.4, -0.2) is 40.8 Å². The molecule has 4 nitrogen and oxygen atoms in total. The molecule has 2 aliphatic rings. The van der Waals surface area contributed by atoms with Gasteiger partial charge in [0.25, 0.3) is 0 Å². The lowest BCUT2D eigenvalue weighted by atomic mass is 9.99. The first-order valence-corrected chi connectivity index (χ1v) is 6.43. The highest BCUT2D eigenvalue weighted by Gasteiger charge is 2.33. The third-order valence-corrected chi connectivity index (χ3v) is 3.97. The number of carboxylic acid groups (broad SMARTS) is 1. The maximum absolute atomic E-state index is 11.4. The van der Waals surface area contributed by atoms with Crippen molar-refractivity contribution in [2.75, 3.05) is 6.54 Å². The molecule has 1 heterocycles. The van der Waals surface area contributed by atoms with Crippen molar-refractivity contribution in [2.24, 2.45) is 0 Å². The molecule has 2 rings (SSSR count). The Balaban J connectivity index is 1.98. The molecule has 0 radical (unpaired) electrons. The number of nitrogens with zero attached hydrogens (tertiary/aromatic N) is 1. The number of hydrogen-bond acceptors (Lipinski definition) is 2. The van der Waals surface area contributed by atoms with E-state index in [4.69, 9.17) is 0 Å². The summed E-state index contributed by atoms with van der Waals surface area (Å²) >= 11 is 0. The van der Waals surface area contributed by atoms with Crippen LogP contribution in [0.1, 0.15) is 45.4 Å². The van der Waals surface area contributed by atoms with Crippen molar-refractivity contribution in [3.05, 3.63) is 0 Å². The lowest BCUT2D eigenvalue weighted by Crippen LogP contribution is -2.53. The zero-order valence-corrected chi connectivity index (χ0v) is 9.98. The van der Waals surface area contributed by atoms with E-state index in [0.29, 0.717) is 6.04 Å². The first-order chi connectivity index (χ1) is 7.68. The highest BCUT2D eigenvalue weighted by molar-refractivity contribution is 5.66. The van der Waals surface area contributed by atoms with E-state index >= 15 is 0 Å². The zero-order valence-electron chi connectivity index (χ0n) is 9.98. The average molecular weight is 226 g/mol. The van der Waals surface area contributed by atoms with Crippen LogP contribution >= 0.6 is 0 Å². The van der Waals surface area contributed by atoms with E-state index in [2.05, 4.69) is 12.2 Å². The van der Waals surface area contributed by atoms with Crippen molar-refractivity contribution < 1.29 is 9.90 Å². The van der Waals surface area contributed by atoms with Gasteiger partial charge in [-0.2, -0.15) is 0 Å². The Morgan fingerprint density at radius 3 is 2.38 bits per heavy atom. The molecule has 16 heavy (non-hydrogen) atoms. The molecule has 0 aromatic carbocycles. The Morgan fingerprint density at radius 1 is 1.19 bits per heavy atom.